The molecule has 1 fully saturated rings. The average Bonchev–Trinajstić information content (AvgIpc) is 2.88. The quantitative estimate of drug-likeness (QED) is 0.774. The van der Waals surface area contributed by atoms with E-state index in [0.29, 0.717) is 28.4 Å². The van der Waals surface area contributed by atoms with Crippen LogP contribution in [0.2, 0.25) is 5.02 Å². The second-order valence-corrected chi connectivity index (χ2v) is 7.87. The topological polar surface area (TPSA) is 32.8 Å². The minimum absolute atomic E-state index is 0.0378. The number of halogens is 2. The lowest BCUT2D eigenvalue weighted by atomic mass is 9.90. The third-order valence-electron chi connectivity index (χ3n) is 5.38. The fourth-order valence-electron chi connectivity index (χ4n) is 4.25. The Labute approximate surface area is 163 Å². The number of benzene rings is 2. The van der Waals surface area contributed by atoms with Gasteiger partial charge in [0, 0.05) is 28.2 Å². The summed E-state index contributed by atoms with van der Waals surface area (Å²) in [7, 11) is 0. The number of ether oxygens (including phenoxy) is 1. The highest BCUT2D eigenvalue weighted by atomic mass is 35.5. The van der Waals surface area contributed by atoms with Gasteiger partial charge in [0.15, 0.2) is 5.72 Å². The van der Waals surface area contributed by atoms with E-state index in [2.05, 4.69) is 0 Å². The largest absolute Gasteiger partial charge is 0.350 e. The lowest BCUT2D eigenvalue weighted by molar-refractivity contribution is -0.124. The van der Waals surface area contributed by atoms with Gasteiger partial charge in [-0.15, -0.1) is 0 Å². The smallest absolute Gasteiger partial charge is 0.241 e. The highest BCUT2D eigenvalue weighted by Crippen LogP contribution is 2.49. The first-order chi connectivity index (χ1) is 12.9. The molecular weight excluding hydrogens is 367 g/mol. The predicted octanol–water partition coefficient (Wildman–Crippen LogP) is 4.16. The van der Waals surface area contributed by atoms with Crippen LogP contribution in [0.15, 0.2) is 42.5 Å². The van der Waals surface area contributed by atoms with E-state index in [0.717, 1.165) is 0 Å². The standard InChI is InChI=1S/C21H22ClFN2O2/c1-13(2)25-19-9-8-15(22)10-17(19)21(16-6-4-5-7-18(16)23)24(11-20(25)26)14(3)12-27-21/h4-10,13-14H,11-12H2,1-3H3. The summed E-state index contributed by atoms with van der Waals surface area (Å²) in [5.41, 5.74) is 0.615. The van der Waals surface area contributed by atoms with Gasteiger partial charge in [0.05, 0.1) is 18.8 Å². The molecule has 1 amide bonds. The van der Waals surface area contributed by atoms with Crippen molar-refractivity contribution in [2.75, 3.05) is 18.1 Å². The van der Waals surface area contributed by atoms with E-state index in [1.54, 1.807) is 35.2 Å². The van der Waals surface area contributed by atoms with Crippen LogP contribution in [0.4, 0.5) is 10.1 Å². The van der Waals surface area contributed by atoms with Gasteiger partial charge in [-0.2, -0.15) is 0 Å². The number of hydrogen-bond acceptors (Lipinski definition) is 3. The minimum Gasteiger partial charge on any atom is -0.350 e. The molecule has 4 nitrogen and oxygen atoms in total. The number of hydrogen-bond donors (Lipinski definition) is 0. The van der Waals surface area contributed by atoms with Crippen LogP contribution >= 0.6 is 11.6 Å². The molecule has 0 aromatic heterocycles. The summed E-state index contributed by atoms with van der Waals surface area (Å²) in [5, 5.41) is 0.519. The number of anilines is 1. The Kier molecular flexibility index (Phi) is 4.49. The van der Waals surface area contributed by atoms with Crippen molar-refractivity contribution in [3.63, 3.8) is 0 Å². The van der Waals surface area contributed by atoms with Crippen LogP contribution < -0.4 is 4.90 Å². The van der Waals surface area contributed by atoms with Crippen LogP contribution in [-0.2, 0) is 15.3 Å². The maximum Gasteiger partial charge on any atom is 0.241 e. The highest BCUT2D eigenvalue weighted by Gasteiger charge is 2.54. The molecule has 142 valence electrons. The summed E-state index contributed by atoms with van der Waals surface area (Å²) in [6.07, 6.45) is 0. The summed E-state index contributed by atoms with van der Waals surface area (Å²) in [6, 6.07) is 11.9. The summed E-state index contributed by atoms with van der Waals surface area (Å²) in [4.78, 5) is 16.9. The zero-order valence-corrected chi connectivity index (χ0v) is 16.3. The summed E-state index contributed by atoms with van der Waals surface area (Å²) >= 11 is 6.34. The van der Waals surface area contributed by atoms with Crippen LogP contribution in [0.3, 0.4) is 0 Å². The third-order valence-corrected chi connectivity index (χ3v) is 5.62. The number of nitrogens with zero attached hydrogens (tertiary/aromatic N) is 2. The van der Waals surface area contributed by atoms with E-state index < -0.39 is 5.72 Å². The van der Waals surface area contributed by atoms with Crippen LogP contribution in [0.5, 0.6) is 0 Å². The lowest BCUT2D eigenvalue weighted by Gasteiger charge is -2.38. The molecule has 4 rings (SSSR count). The Morgan fingerprint density at radius 3 is 2.67 bits per heavy atom. The van der Waals surface area contributed by atoms with E-state index >= 15 is 0 Å². The first kappa shape index (κ1) is 18.4. The maximum atomic E-state index is 15.0. The molecule has 2 heterocycles. The molecule has 0 bridgehead atoms. The molecule has 2 aromatic carbocycles. The van der Waals surface area contributed by atoms with Gasteiger partial charge in [0.25, 0.3) is 0 Å². The molecule has 2 unspecified atom stereocenters. The molecule has 2 atom stereocenters. The molecule has 0 spiro atoms. The Balaban J connectivity index is 2.08. The lowest BCUT2D eigenvalue weighted by Crippen LogP contribution is -2.49. The normalized spacial score (nSPS) is 25.5. The summed E-state index contributed by atoms with van der Waals surface area (Å²) < 4.78 is 21.3. The molecule has 2 aromatic rings. The van der Waals surface area contributed by atoms with Crippen molar-refractivity contribution < 1.29 is 13.9 Å². The zero-order valence-electron chi connectivity index (χ0n) is 15.6. The summed E-state index contributed by atoms with van der Waals surface area (Å²) in [5.74, 6) is -0.405. The third kappa shape index (κ3) is 2.68. The molecule has 2 aliphatic heterocycles. The van der Waals surface area contributed by atoms with Gasteiger partial charge in [-0.1, -0.05) is 29.8 Å². The number of fused-ring (bicyclic) bond motifs is 3. The second-order valence-electron chi connectivity index (χ2n) is 7.43. The Morgan fingerprint density at radius 2 is 1.96 bits per heavy atom. The first-order valence-electron chi connectivity index (χ1n) is 9.14. The Hall–Kier alpha value is -1.95. The Morgan fingerprint density at radius 1 is 1.22 bits per heavy atom. The van der Waals surface area contributed by atoms with Crippen LogP contribution in [0, 0.1) is 5.82 Å². The molecular formula is C21H22ClFN2O2. The minimum atomic E-state index is -1.19. The molecule has 27 heavy (non-hydrogen) atoms. The van der Waals surface area contributed by atoms with E-state index in [4.69, 9.17) is 16.3 Å². The van der Waals surface area contributed by atoms with Crippen molar-refractivity contribution in [1.29, 1.82) is 0 Å². The van der Waals surface area contributed by atoms with Crippen molar-refractivity contribution in [2.45, 2.75) is 38.6 Å². The van der Waals surface area contributed by atoms with Gasteiger partial charge in [-0.25, -0.2) is 4.39 Å². The van der Waals surface area contributed by atoms with Gasteiger partial charge < -0.3 is 9.64 Å². The predicted molar refractivity (Wildman–Crippen MR) is 103 cm³/mol. The summed E-state index contributed by atoms with van der Waals surface area (Å²) in [6.45, 7) is 6.46. The van der Waals surface area contributed by atoms with E-state index in [1.165, 1.54) is 6.07 Å². The average molecular weight is 389 g/mol. The van der Waals surface area contributed by atoms with Crippen molar-refractivity contribution in [3.8, 4) is 0 Å². The van der Waals surface area contributed by atoms with E-state index in [9.17, 15) is 9.18 Å². The molecule has 0 aliphatic carbocycles. The van der Waals surface area contributed by atoms with Crippen molar-refractivity contribution in [1.82, 2.24) is 4.90 Å². The van der Waals surface area contributed by atoms with Gasteiger partial charge in [0.2, 0.25) is 5.91 Å². The molecule has 0 radical (unpaired) electrons. The number of amides is 1. The molecule has 6 heteroatoms. The van der Waals surface area contributed by atoms with Gasteiger partial charge in [0.1, 0.15) is 5.82 Å². The van der Waals surface area contributed by atoms with Crippen molar-refractivity contribution >= 4 is 23.2 Å². The first-order valence-corrected chi connectivity index (χ1v) is 9.52. The van der Waals surface area contributed by atoms with Gasteiger partial charge in [-0.05, 0) is 45.0 Å². The fraction of sp³-hybridized carbons (Fsp3) is 0.381. The Bertz CT molecular complexity index is 904. The zero-order chi connectivity index (χ0) is 19.3. The number of carbonyl (C=O) groups is 1. The van der Waals surface area contributed by atoms with Crippen LogP contribution in [0.25, 0.3) is 0 Å². The van der Waals surface area contributed by atoms with E-state index in [-0.39, 0.29) is 30.4 Å². The molecule has 2 aliphatic rings. The second kappa shape index (κ2) is 6.59. The molecule has 1 saturated heterocycles. The maximum absolute atomic E-state index is 15.0. The van der Waals surface area contributed by atoms with Crippen LogP contribution in [-0.4, -0.2) is 36.0 Å². The van der Waals surface area contributed by atoms with Gasteiger partial charge in [-0.3, -0.25) is 9.69 Å². The van der Waals surface area contributed by atoms with E-state index in [1.807, 2.05) is 31.7 Å². The fourth-order valence-corrected chi connectivity index (χ4v) is 4.42. The number of rotatable bonds is 2. The molecule has 0 N–H and O–H groups in total. The highest BCUT2D eigenvalue weighted by molar-refractivity contribution is 6.30. The molecule has 0 saturated carbocycles. The van der Waals surface area contributed by atoms with Gasteiger partial charge >= 0.3 is 0 Å². The van der Waals surface area contributed by atoms with Crippen LogP contribution in [0.1, 0.15) is 31.9 Å². The SMILES string of the molecule is CC(C)N1C(=O)CN2C(C)COC2(c2ccccc2F)c2cc(Cl)ccc21. The van der Waals surface area contributed by atoms with Crippen molar-refractivity contribution in [3.05, 3.63) is 64.4 Å². The van der Waals surface area contributed by atoms with Crippen molar-refractivity contribution in [2.24, 2.45) is 0 Å². The monoisotopic (exact) mass is 388 g/mol. The number of carbonyl (C=O) groups excluding carboxylic acids is 1.